The molecule has 80 valence electrons. The minimum absolute atomic E-state index is 0.0590. The lowest BCUT2D eigenvalue weighted by atomic mass is 10.1. The smallest absolute Gasteiger partial charge is 0.246 e. The van der Waals surface area contributed by atoms with Crippen LogP contribution in [0.3, 0.4) is 0 Å². The fourth-order valence-electron chi connectivity index (χ4n) is 1.78. The van der Waals surface area contributed by atoms with E-state index in [9.17, 15) is 4.79 Å². The van der Waals surface area contributed by atoms with Gasteiger partial charge in [0, 0.05) is 19.1 Å². The van der Waals surface area contributed by atoms with Crippen molar-refractivity contribution in [3.8, 4) is 0 Å². The van der Waals surface area contributed by atoms with Crippen LogP contribution in [0, 0.1) is 0 Å². The first kappa shape index (κ1) is 11.7. The second-order valence-electron chi connectivity index (χ2n) is 3.80. The van der Waals surface area contributed by atoms with Crippen molar-refractivity contribution in [2.45, 2.75) is 25.3 Å². The summed E-state index contributed by atoms with van der Waals surface area (Å²) in [4.78, 5) is 13.4. The van der Waals surface area contributed by atoms with Gasteiger partial charge in [0.1, 0.15) is 0 Å². The number of rotatable bonds is 2. The summed E-state index contributed by atoms with van der Waals surface area (Å²) >= 11 is 0. The average Bonchev–Trinajstić information content (AvgIpc) is 2.41. The molecule has 1 rings (SSSR count). The Morgan fingerprint density at radius 3 is 2.93 bits per heavy atom. The Kier molecular flexibility index (Phi) is 4.56. The number of hydrogen-bond donors (Lipinski definition) is 0. The van der Waals surface area contributed by atoms with Crippen molar-refractivity contribution in [2.24, 2.45) is 0 Å². The van der Waals surface area contributed by atoms with Crippen LogP contribution < -0.4 is 0 Å². The van der Waals surface area contributed by atoms with Crippen molar-refractivity contribution in [2.75, 3.05) is 20.1 Å². The van der Waals surface area contributed by atoms with Gasteiger partial charge in [-0.15, -0.1) is 0 Å². The third-order valence-corrected chi connectivity index (χ3v) is 3.13. The Morgan fingerprint density at radius 2 is 2.36 bits per heavy atom. The Labute approximate surface area is 88.4 Å². The second-order valence-corrected chi connectivity index (χ2v) is 4.62. The van der Waals surface area contributed by atoms with Gasteiger partial charge in [0.25, 0.3) is 0 Å². The summed E-state index contributed by atoms with van der Waals surface area (Å²) in [6.07, 6.45) is 4.88. The van der Waals surface area contributed by atoms with Crippen molar-refractivity contribution < 1.29 is 4.79 Å². The number of amides is 1. The van der Waals surface area contributed by atoms with Crippen molar-refractivity contribution in [3.05, 3.63) is 12.7 Å². The molecule has 0 aliphatic carbocycles. The van der Waals surface area contributed by atoms with E-state index in [-0.39, 0.29) is 5.91 Å². The molecule has 1 saturated heterocycles. The van der Waals surface area contributed by atoms with Crippen molar-refractivity contribution in [1.82, 2.24) is 9.57 Å². The number of hydrogen-bond acceptors (Lipinski definition) is 2. The predicted molar refractivity (Wildman–Crippen MR) is 61.9 cm³/mol. The van der Waals surface area contributed by atoms with E-state index in [0.717, 1.165) is 19.5 Å². The summed E-state index contributed by atoms with van der Waals surface area (Å²) in [6.45, 7) is 5.23. The quantitative estimate of drug-likeness (QED) is 0.510. The van der Waals surface area contributed by atoms with Crippen LogP contribution in [0.4, 0.5) is 0 Å². The summed E-state index contributed by atoms with van der Waals surface area (Å²) in [5, 5.41) is 0. The van der Waals surface area contributed by atoms with Crippen LogP contribution in [0.5, 0.6) is 0 Å². The van der Waals surface area contributed by atoms with Crippen LogP contribution in [0.25, 0.3) is 0 Å². The molecule has 0 aromatic heterocycles. The van der Waals surface area contributed by atoms with Crippen LogP contribution in [0.1, 0.15) is 19.3 Å². The van der Waals surface area contributed by atoms with E-state index in [2.05, 4.69) is 20.6 Å². The van der Waals surface area contributed by atoms with Crippen molar-refractivity contribution in [3.63, 3.8) is 0 Å². The standard InChI is InChI=1S/C10H19N2OP/c1-3-10(13)12-7-5-4-6-9(8-12)11(2)14/h3,9H,1,4-8,14H2,2H3. The largest absolute Gasteiger partial charge is 0.338 e. The zero-order chi connectivity index (χ0) is 10.6. The maximum Gasteiger partial charge on any atom is 0.246 e. The highest BCUT2D eigenvalue weighted by Crippen LogP contribution is 2.17. The Morgan fingerprint density at radius 1 is 1.64 bits per heavy atom. The molecule has 0 aromatic carbocycles. The summed E-state index contributed by atoms with van der Waals surface area (Å²) < 4.78 is 2.12. The number of carbonyl (C=O) groups is 1. The van der Waals surface area contributed by atoms with Crippen LogP contribution in [0.2, 0.25) is 0 Å². The topological polar surface area (TPSA) is 23.6 Å². The molecule has 0 radical (unpaired) electrons. The molecular weight excluding hydrogens is 195 g/mol. The van der Waals surface area contributed by atoms with Crippen molar-refractivity contribution >= 4 is 15.3 Å². The predicted octanol–water partition coefficient (Wildman–Crippen LogP) is 1.28. The lowest BCUT2D eigenvalue weighted by Crippen LogP contribution is -2.39. The lowest BCUT2D eigenvalue weighted by molar-refractivity contribution is -0.126. The molecule has 1 aliphatic rings. The van der Waals surface area contributed by atoms with Crippen LogP contribution >= 0.6 is 9.39 Å². The highest BCUT2D eigenvalue weighted by Gasteiger charge is 2.21. The number of carbonyl (C=O) groups excluding carboxylic acids is 1. The number of nitrogens with zero attached hydrogens (tertiary/aromatic N) is 2. The SMILES string of the molecule is C=CC(=O)N1CCCCC(N(C)P)C1. The molecule has 3 nitrogen and oxygen atoms in total. The van der Waals surface area contributed by atoms with Gasteiger partial charge < -0.3 is 4.90 Å². The molecule has 2 unspecified atom stereocenters. The first-order valence-corrected chi connectivity index (χ1v) is 5.55. The first-order chi connectivity index (χ1) is 6.65. The summed E-state index contributed by atoms with van der Waals surface area (Å²) in [7, 11) is 4.72. The molecule has 0 bridgehead atoms. The van der Waals surface area contributed by atoms with Gasteiger partial charge in [0.2, 0.25) is 5.91 Å². The summed E-state index contributed by atoms with van der Waals surface area (Å²) in [6, 6.07) is 0.464. The molecule has 4 heteroatoms. The maximum atomic E-state index is 11.5. The first-order valence-electron chi connectivity index (χ1n) is 5.04. The molecule has 1 fully saturated rings. The van der Waals surface area contributed by atoms with Gasteiger partial charge in [0.15, 0.2) is 0 Å². The summed E-state index contributed by atoms with van der Waals surface area (Å²) in [5.41, 5.74) is 0. The fourth-order valence-corrected chi connectivity index (χ4v) is 2.02. The molecule has 2 atom stereocenters. The molecule has 0 aromatic rings. The molecule has 1 heterocycles. The highest BCUT2D eigenvalue weighted by atomic mass is 31.0. The maximum absolute atomic E-state index is 11.5. The average molecular weight is 214 g/mol. The van der Waals surface area contributed by atoms with Gasteiger partial charge >= 0.3 is 0 Å². The van der Waals surface area contributed by atoms with E-state index in [1.165, 1.54) is 18.9 Å². The monoisotopic (exact) mass is 214 g/mol. The van der Waals surface area contributed by atoms with Gasteiger partial charge in [0.05, 0.1) is 0 Å². The Balaban J connectivity index is 2.59. The molecule has 0 N–H and O–H groups in total. The molecule has 14 heavy (non-hydrogen) atoms. The van der Waals surface area contributed by atoms with Gasteiger partial charge in [-0.1, -0.05) is 22.4 Å². The Bertz CT molecular complexity index is 218. The molecular formula is C10H19N2OP. The molecule has 1 amide bonds. The van der Waals surface area contributed by atoms with Gasteiger partial charge in [-0.2, -0.15) is 0 Å². The number of likely N-dealkylation sites (N-methyl/N-ethyl adjacent to an activating group) is 1. The highest BCUT2D eigenvalue weighted by molar-refractivity contribution is 7.13. The second kappa shape index (κ2) is 5.47. The van der Waals surface area contributed by atoms with Crippen molar-refractivity contribution in [1.29, 1.82) is 0 Å². The Hall–Kier alpha value is -0.400. The minimum atomic E-state index is 0.0590. The van der Waals surface area contributed by atoms with E-state index >= 15 is 0 Å². The van der Waals surface area contributed by atoms with Gasteiger partial charge in [-0.05, 0) is 26.0 Å². The third kappa shape index (κ3) is 3.07. The van der Waals surface area contributed by atoms with Gasteiger partial charge in [-0.3, -0.25) is 9.46 Å². The zero-order valence-corrected chi connectivity index (χ0v) is 9.93. The van der Waals surface area contributed by atoms with E-state index in [1.54, 1.807) is 0 Å². The minimum Gasteiger partial charge on any atom is -0.338 e. The summed E-state index contributed by atoms with van der Waals surface area (Å²) in [5.74, 6) is 0.0590. The normalized spacial score (nSPS) is 23.4. The van der Waals surface area contributed by atoms with Crippen LogP contribution in [-0.2, 0) is 4.79 Å². The van der Waals surface area contributed by atoms with Gasteiger partial charge in [-0.25, -0.2) is 0 Å². The third-order valence-electron chi connectivity index (χ3n) is 2.71. The van der Waals surface area contributed by atoms with E-state index in [1.807, 2.05) is 11.9 Å². The van der Waals surface area contributed by atoms with Crippen LogP contribution in [0.15, 0.2) is 12.7 Å². The zero-order valence-electron chi connectivity index (χ0n) is 8.78. The molecule has 1 aliphatic heterocycles. The number of likely N-dealkylation sites (tertiary alicyclic amines) is 1. The van der Waals surface area contributed by atoms with E-state index in [4.69, 9.17) is 0 Å². The van der Waals surface area contributed by atoms with E-state index < -0.39 is 0 Å². The molecule has 0 saturated carbocycles. The van der Waals surface area contributed by atoms with Crippen LogP contribution in [-0.4, -0.2) is 41.7 Å². The van der Waals surface area contributed by atoms with E-state index in [0.29, 0.717) is 6.04 Å². The molecule has 0 spiro atoms. The lowest BCUT2D eigenvalue weighted by Gasteiger charge is -2.27. The fraction of sp³-hybridized carbons (Fsp3) is 0.700.